The molecule has 0 aliphatic heterocycles. The molecule has 3 heteroatoms. The number of aliphatic imine (C=N–C) groups is 1. The van der Waals surface area contributed by atoms with Crippen LogP contribution in [-0.2, 0) is 0 Å². The zero-order valence-corrected chi connectivity index (χ0v) is 7.62. The second-order valence-corrected chi connectivity index (χ2v) is 2.80. The normalized spacial score (nSPS) is 10.8. The number of unbranched alkanes of at least 4 members (excludes halogenated alkanes) is 5. The molecule has 0 aromatic carbocycles. The first-order chi connectivity index (χ1) is 5.77. The van der Waals surface area contributed by atoms with Crippen LogP contribution in [0.5, 0.6) is 0 Å². The van der Waals surface area contributed by atoms with Gasteiger partial charge in [0.25, 0.3) is 0 Å². The lowest BCUT2D eigenvalue weighted by atomic mass is 10.1. The van der Waals surface area contributed by atoms with Crippen molar-refractivity contribution < 1.29 is 9.90 Å². The van der Waals surface area contributed by atoms with E-state index in [2.05, 4.69) is 11.9 Å². The Balaban J connectivity index is 3.05. The quantitative estimate of drug-likeness (QED) is 0.493. The van der Waals surface area contributed by atoms with Gasteiger partial charge in [-0.15, -0.1) is 0 Å². The molecule has 0 saturated heterocycles. The first kappa shape index (κ1) is 11.1. The maximum absolute atomic E-state index is 9.94. The van der Waals surface area contributed by atoms with Crippen LogP contribution >= 0.6 is 0 Å². The first-order valence-electron chi connectivity index (χ1n) is 4.52. The fourth-order valence-electron chi connectivity index (χ4n) is 0.982. The van der Waals surface area contributed by atoms with Gasteiger partial charge in [-0.1, -0.05) is 32.6 Å². The van der Waals surface area contributed by atoms with Gasteiger partial charge < -0.3 is 5.11 Å². The molecule has 0 unspecified atom stereocenters. The molecule has 0 saturated carbocycles. The smallest absolute Gasteiger partial charge is 0.430 e. The van der Waals surface area contributed by atoms with Gasteiger partial charge in [-0.3, -0.25) is 0 Å². The number of nitrogens with zero attached hydrogens (tertiary/aromatic N) is 1. The summed E-state index contributed by atoms with van der Waals surface area (Å²) in [5.41, 5.74) is 0. The van der Waals surface area contributed by atoms with E-state index in [0.29, 0.717) is 0 Å². The van der Waals surface area contributed by atoms with E-state index in [4.69, 9.17) is 5.11 Å². The van der Waals surface area contributed by atoms with Crippen molar-refractivity contribution >= 4 is 12.3 Å². The van der Waals surface area contributed by atoms with E-state index in [-0.39, 0.29) is 0 Å². The minimum absolute atomic E-state index is 0.788. The molecule has 0 radical (unpaired) electrons. The fraction of sp³-hybridized carbons (Fsp3) is 0.778. The molecule has 0 aliphatic rings. The standard InChI is InChI=1S/C9H17NO2/c1-2-3-4-5-6-7-8-10-9(11)12/h8H,2-7H2,1H3,(H,11,12). The zero-order valence-electron chi connectivity index (χ0n) is 7.62. The minimum Gasteiger partial charge on any atom is -0.463 e. The first-order valence-corrected chi connectivity index (χ1v) is 4.52. The molecule has 1 N–H and O–H groups in total. The van der Waals surface area contributed by atoms with Gasteiger partial charge in [0.05, 0.1) is 0 Å². The topological polar surface area (TPSA) is 49.7 Å². The Hall–Kier alpha value is -0.860. The van der Waals surface area contributed by atoms with Gasteiger partial charge >= 0.3 is 6.09 Å². The Kier molecular flexibility index (Phi) is 7.65. The molecule has 0 atom stereocenters. The van der Waals surface area contributed by atoms with Crippen LogP contribution in [0.4, 0.5) is 4.79 Å². The van der Waals surface area contributed by atoms with E-state index >= 15 is 0 Å². The maximum Gasteiger partial charge on any atom is 0.430 e. The fourth-order valence-corrected chi connectivity index (χ4v) is 0.982. The maximum atomic E-state index is 9.94. The third kappa shape index (κ3) is 9.14. The largest absolute Gasteiger partial charge is 0.463 e. The molecule has 70 valence electrons. The summed E-state index contributed by atoms with van der Waals surface area (Å²) in [6.07, 6.45) is 7.17. The van der Waals surface area contributed by atoms with Crippen molar-refractivity contribution in [2.75, 3.05) is 0 Å². The average molecular weight is 171 g/mol. The minimum atomic E-state index is -1.09. The highest BCUT2D eigenvalue weighted by Crippen LogP contribution is 2.03. The van der Waals surface area contributed by atoms with E-state index < -0.39 is 6.09 Å². The number of carbonyl (C=O) groups is 1. The zero-order chi connectivity index (χ0) is 9.23. The lowest BCUT2D eigenvalue weighted by Gasteiger charge is -1.94. The van der Waals surface area contributed by atoms with Crippen LogP contribution in [0.25, 0.3) is 0 Å². The molecule has 0 rings (SSSR count). The summed E-state index contributed by atoms with van der Waals surface area (Å²) in [5.74, 6) is 0. The van der Waals surface area contributed by atoms with Gasteiger partial charge in [0.1, 0.15) is 0 Å². The Bertz CT molecular complexity index is 143. The lowest BCUT2D eigenvalue weighted by Crippen LogP contribution is -1.86. The van der Waals surface area contributed by atoms with Crippen LogP contribution in [0, 0.1) is 0 Å². The molecule has 0 fully saturated rings. The summed E-state index contributed by atoms with van der Waals surface area (Å²) in [4.78, 5) is 13.2. The average Bonchev–Trinajstić information content (AvgIpc) is 2.02. The lowest BCUT2D eigenvalue weighted by molar-refractivity contribution is 0.206. The molecule has 1 amide bonds. The number of amides is 1. The third-order valence-corrected chi connectivity index (χ3v) is 1.64. The van der Waals surface area contributed by atoms with Crippen molar-refractivity contribution in [3.05, 3.63) is 0 Å². The third-order valence-electron chi connectivity index (χ3n) is 1.64. The monoisotopic (exact) mass is 171 g/mol. The molecular weight excluding hydrogens is 154 g/mol. The molecule has 0 aromatic heterocycles. The molecule has 3 nitrogen and oxygen atoms in total. The Morgan fingerprint density at radius 1 is 1.33 bits per heavy atom. The van der Waals surface area contributed by atoms with Crippen LogP contribution in [-0.4, -0.2) is 17.4 Å². The van der Waals surface area contributed by atoms with Crippen molar-refractivity contribution in [2.24, 2.45) is 4.99 Å². The van der Waals surface area contributed by atoms with Crippen molar-refractivity contribution in [3.63, 3.8) is 0 Å². The summed E-state index contributed by atoms with van der Waals surface area (Å²) in [5, 5.41) is 8.16. The van der Waals surface area contributed by atoms with Crippen LogP contribution < -0.4 is 0 Å². The van der Waals surface area contributed by atoms with Crippen LogP contribution in [0.1, 0.15) is 45.4 Å². The van der Waals surface area contributed by atoms with E-state index in [0.717, 1.165) is 12.8 Å². The van der Waals surface area contributed by atoms with Crippen LogP contribution in [0.15, 0.2) is 4.99 Å². The van der Waals surface area contributed by atoms with Gasteiger partial charge in [-0.25, -0.2) is 4.79 Å². The van der Waals surface area contributed by atoms with Gasteiger partial charge in [-0.2, -0.15) is 4.99 Å². The van der Waals surface area contributed by atoms with Crippen molar-refractivity contribution in [3.8, 4) is 0 Å². The second kappa shape index (κ2) is 8.24. The highest BCUT2D eigenvalue weighted by Gasteiger charge is 1.88. The SMILES string of the molecule is CCCCCCCC=NC(=O)O. The number of hydrogen-bond donors (Lipinski definition) is 1. The predicted molar refractivity (Wildman–Crippen MR) is 49.9 cm³/mol. The van der Waals surface area contributed by atoms with Crippen molar-refractivity contribution in [1.29, 1.82) is 0 Å². The van der Waals surface area contributed by atoms with E-state index in [9.17, 15) is 4.79 Å². The van der Waals surface area contributed by atoms with E-state index in [1.807, 2.05) is 0 Å². The van der Waals surface area contributed by atoms with Gasteiger partial charge in [-0.05, 0) is 12.8 Å². The van der Waals surface area contributed by atoms with Gasteiger partial charge in [0.15, 0.2) is 0 Å². The summed E-state index contributed by atoms with van der Waals surface area (Å²) in [6, 6.07) is 0. The van der Waals surface area contributed by atoms with Gasteiger partial charge in [0.2, 0.25) is 0 Å². The molecule has 0 aromatic rings. The van der Waals surface area contributed by atoms with Crippen molar-refractivity contribution in [1.82, 2.24) is 0 Å². The summed E-state index contributed by atoms with van der Waals surface area (Å²) in [6.45, 7) is 2.17. The summed E-state index contributed by atoms with van der Waals surface area (Å²) in [7, 11) is 0. The molecule has 0 bridgehead atoms. The number of rotatable bonds is 6. The highest BCUT2D eigenvalue weighted by molar-refractivity contribution is 5.77. The van der Waals surface area contributed by atoms with Crippen molar-refractivity contribution in [2.45, 2.75) is 45.4 Å². The Labute approximate surface area is 73.5 Å². The molecular formula is C9H17NO2. The molecule has 0 aliphatic carbocycles. The highest BCUT2D eigenvalue weighted by atomic mass is 16.4. The number of carboxylic acid groups (broad SMARTS) is 1. The molecule has 0 spiro atoms. The summed E-state index contributed by atoms with van der Waals surface area (Å²) >= 11 is 0. The van der Waals surface area contributed by atoms with Crippen LogP contribution in [0.2, 0.25) is 0 Å². The molecule has 12 heavy (non-hydrogen) atoms. The Morgan fingerprint density at radius 3 is 2.58 bits per heavy atom. The number of hydrogen-bond acceptors (Lipinski definition) is 1. The van der Waals surface area contributed by atoms with Gasteiger partial charge in [0, 0.05) is 6.21 Å². The molecule has 0 heterocycles. The van der Waals surface area contributed by atoms with E-state index in [1.54, 1.807) is 0 Å². The van der Waals surface area contributed by atoms with E-state index in [1.165, 1.54) is 31.9 Å². The predicted octanol–water partition coefficient (Wildman–Crippen LogP) is 3.10. The second-order valence-electron chi connectivity index (χ2n) is 2.80. The Morgan fingerprint density at radius 2 is 2.00 bits per heavy atom. The summed E-state index contributed by atoms with van der Waals surface area (Å²) < 4.78 is 0. The van der Waals surface area contributed by atoms with Crippen LogP contribution in [0.3, 0.4) is 0 Å².